The maximum absolute atomic E-state index is 12.0. The molecule has 27 heavy (non-hydrogen) atoms. The minimum absolute atomic E-state index is 0.0486. The van der Waals surface area contributed by atoms with Crippen LogP contribution in [-0.2, 0) is 9.53 Å². The minimum atomic E-state index is -1.03. The molecule has 1 N–H and O–H groups in total. The number of hydrogen-bond acceptors (Lipinski definition) is 5. The van der Waals surface area contributed by atoms with Crippen molar-refractivity contribution in [2.24, 2.45) is 0 Å². The molecule has 2 aromatic carbocycles. The number of rotatable bonds is 5. The number of nitro groups is 1. The molecule has 12 heteroatoms. The zero-order valence-electron chi connectivity index (χ0n) is 12.9. The predicted octanol–water partition coefficient (Wildman–Crippen LogP) is 5.66. The van der Waals surface area contributed by atoms with Gasteiger partial charge in [-0.15, -0.1) is 0 Å². The Kier molecular flexibility index (Phi) is 7.13. The van der Waals surface area contributed by atoms with E-state index in [1.165, 1.54) is 12.1 Å². The van der Waals surface area contributed by atoms with Crippen LogP contribution in [0.15, 0.2) is 24.3 Å². The van der Waals surface area contributed by atoms with Crippen molar-refractivity contribution in [3.8, 4) is 0 Å². The fraction of sp³-hybridized carbons (Fsp3) is 0.0667. The molecule has 2 aromatic rings. The van der Waals surface area contributed by atoms with Crippen molar-refractivity contribution in [2.45, 2.75) is 0 Å². The largest absolute Gasteiger partial charge is 0.452 e. The van der Waals surface area contributed by atoms with Gasteiger partial charge in [-0.3, -0.25) is 14.9 Å². The Morgan fingerprint density at radius 3 is 2.15 bits per heavy atom. The Balaban J connectivity index is 2.10. The maximum Gasteiger partial charge on any atom is 0.340 e. The van der Waals surface area contributed by atoms with E-state index >= 15 is 0 Å². The van der Waals surface area contributed by atoms with E-state index in [0.29, 0.717) is 0 Å². The Morgan fingerprint density at radius 2 is 1.59 bits per heavy atom. The van der Waals surface area contributed by atoms with Gasteiger partial charge in [0.15, 0.2) is 6.61 Å². The standard InChI is InChI=1S/C15H7Cl5N2O5/c16-8-2-1-6(22(25)26)3-7(8)15(24)27-5-11(23)21-14-12(19)9(17)4-10(18)13(14)20/h1-4H,5H2,(H,21,23). The van der Waals surface area contributed by atoms with Crippen molar-refractivity contribution >= 4 is 81.3 Å². The molecule has 7 nitrogen and oxygen atoms in total. The SMILES string of the molecule is O=C(COC(=O)c1cc([N+](=O)[O-])ccc1Cl)Nc1c(Cl)c(Cl)cc(Cl)c1Cl. The molecule has 0 saturated heterocycles. The van der Waals surface area contributed by atoms with Crippen molar-refractivity contribution in [1.82, 2.24) is 0 Å². The number of non-ortho nitro benzene ring substituents is 1. The van der Waals surface area contributed by atoms with Gasteiger partial charge in [0, 0.05) is 12.1 Å². The predicted molar refractivity (Wildman–Crippen MR) is 104 cm³/mol. The molecule has 0 aliphatic heterocycles. The highest BCUT2D eigenvalue weighted by Crippen LogP contribution is 2.40. The zero-order chi connectivity index (χ0) is 20.3. The molecule has 0 atom stereocenters. The molecule has 0 fully saturated rings. The van der Waals surface area contributed by atoms with Gasteiger partial charge in [0.25, 0.3) is 11.6 Å². The van der Waals surface area contributed by atoms with Gasteiger partial charge >= 0.3 is 5.97 Å². The maximum atomic E-state index is 12.0. The molecule has 0 unspecified atom stereocenters. The molecule has 0 heterocycles. The molecule has 0 aliphatic rings. The molecular formula is C15H7Cl5N2O5. The second-order valence-corrected chi connectivity index (χ2v) is 6.87. The molecule has 0 saturated carbocycles. The number of nitrogens with zero attached hydrogens (tertiary/aromatic N) is 1. The average Bonchev–Trinajstić information content (AvgIpc) is 2.61. The van der Waals surface area contributed by atoms with Gasteiger partial charge in [-0.25, -0.2) is 4.79 Å². The summed E-state index contributed by atoms with van der Waals surface area (Å²) in [6, 6.07) is 4.53. The lowest BCUT2D eigenvalue weighted by Gasteiger charge is -2.12. The monoisotopic (exact) mass is 470 g/mol. The van der Waals surface area contributed by atoms with Gasteiger partial charge in [-0.05, 0) is 12.1 Å². The second kappa shape index (κ2) is 8.95. The van der Waals surface area contributed by atoms with E-state index in [9.17, 15) is 19.7 Å². The number of ether oxygens (including phenoxy) is 1. The molecule has 142 valence electrons. The second-order valence-electron chi connectivity index (χ2n) is 4.89. The molecule has 0 spiro atoms. The van der Waals surface area contributed by atoms with E-state index < -0.39 is 23.4 Å². The summed E-state index contributed by atoms with van der Waals surface area (Å²) in [5, 5.41) is 13.0. The Labute approximate surface area is 177 Å². The minimum Gasteiger partial charge on any atom is -0.452 e. The third-order valence-electron chi connectivity index (χ3n) is 3.09. The number of nitro benzene ring substituents is 1. The van der Waals surface area contributed by atoms with Crippen LogP contribution in [0.1, 0.15) is 10.4 Å². The lowest BCUT2D eigenvalue weighted by Crippen LogP contribution is -2.21. The normalized spacial score (nSPS) is 10.4. The van der Waals surface area contributed by atoms with Crippen LogP contribution in [0.4, 0.5) is 11.4 Å². The first kappa shape index (κ1) is 21.5. The van der Waals surface area contributed by atoms with Crippen molar-refractivity contribution in [3.63, 3.8) is 0 Å². The van der Waals surface area contributed by atoms with Crippen LogP contribution in [0.25, 0.3) is 0 Å². The molecular weight excluding hydrogens is 465 g/mol. The van der Waals surface area contributed by atoms with Crippen LogP contribution in [0.2, 0.25) is 25.1 Å². The lowest BCUT2D eigenvalue weighted by molar-refractivity contribution is -0.384. The third-order valence-corrected chi connectivity index (χ3v) is 5.00. The van der Waals surface area contributed by atoms with E-state index in [1.54, 1.807) is 0 Å². The summed E-state index contributed by atoms with van der Waals surface area (Å²) in [5.74, 6) is -1.83. The van der Waals surface area contributed by atoms with Gasteiger partial charge < -0.3 is 10.1 Å². The Morgan fingerprint density at radius 1 is 1.00 bits per heavy atom. The summed E-state index contributed by atoms with van der Waals surface area (Å²) in [5.41, 5.74) is -0.672. The Bertz CT molecular complexity index is 924. The van der Waals surface area contributed by atoms with E-state index in [0.717, 1.165) is 12.1 Å². The first-order chi connectivity index (χ1) is 12.6. The summed E-state index contributed by atoms with van der Waals surface area (Å²) in [4.78, 5) is 34.1. The zero-order valence-corrected chi connectivity index (χ0v) is 16.7. The molecule has 0 aromatic heterocycles. The van der Waals surface area contributed by atoms with Crippen LogP contribution < -0.4 is 5.32 Å². The van der Waals surface area contributed by atoms with E-state index in [-0.39, 0.29) is 42.1 Å². The van der Waals surface area contributed by atoms with Crippen LogP contribution in [0.3, 0.4) is 0 Å². The number of halogens is 5. The van der Waals surface area contributed by atoms with Gasteiger partial charge in [-0.2, -0.15) is 0 Å². The number of carbonyl (C=O) groups excluding carboxylic acids is 2. The number of anilines is 1. The van der Waals surface area contributed by atoms with Crippen molar-refractivity contribution in [2.75, 3.05) is 11.9 Å². The molecule has 0 radical (unpaired) electrons. The first-order valence-corrected chi connectivity index (χ1v) is 8.74. The Hall–Kier alpha value is -1.77. The third kappa shape index (κ3) is 5.15. The molecule has 0 bridgehead atoms. The molecule has 2 rings (SSSR count). The van der Waals surface area contributed by atoms with E-state index in [4.69, 9.17) is 62.7 Å². The van der Waals surface area contributed by atoms with E-state index in [1.807, 2.05) is 0 Å². The van der Waals surface area contributed by atoms with Crippen molar-refractivity contribution in [1.29, 1.82) is 0 Å². The quantitative estimate of drug-likeness (QED) is 0.262. The van der Waals surface area contributed by atoms with Gasteiger partial charge in [0.2, 0.25) is 0 Å². The van der Waals surface area contributed by atoms with Gasteiger partial charge in [-0.1, -0.05) is 58.0 Å². The number of esters is 1. The van der Waals surface area contributed by atoms with Crippen LogP contribution in [0, 0.1) is 10.1 Å². The molecule has 0 aliphatic carbocycles. The van der Waals surface area contributed by atoms with Crippen molar-refractivity contribution in [3.05, 3.63) is 65.1 Å². The van der Waals surface area contributed by atoms with Crippen LogP contribution in [0.5, 0.6) is 0 Å². The van der Waals surface area contributed by atoms with Crippen LogP contribution >= 0.6 is 58.0 Å². The summed E-state index contributed by atoms with van der Waals surface area (Å²) in [6.07, 6.45) is 0. The van der Waals surface area contributed by atoms with Crippen molar-refractivity contribution < 1.29 is 19.2 Å². The molecule has 1 amide bonds. The number of amides is 1. The number of nitrogens with one attached hydrogen (secondary N) is 1. The average molecular weight is 472 g/mol. The lowest BCUT2D eigenvalue weighted by atomic mass is 10.2. The highest BCUT2D eigenvalue weighted by Gasteiger charge is 2.20. The fourth-order valence-electron chi connectivity index (χ4n) is 1.85. The smallest absolute Gasteiger partial charge is 0.340 e. The first-order valence-electron chi connectivity index (χ1n) is 6.85. The summed E-state index contributed by atoms with van der Waals surface area (Å²) in [6.45, 7) is -0.741. The summed E-state index contributed by atoms with van der Waals surface area (Å²) >= 11 is 29.5. The highest BCUT2D eigenvalue weighted by atomic mass is 35.5. The van der Waals surface area contributed by atoms with Gasteiger partial charge in [0.1, 0.15) is 0 Å². The van der Waals surface area contributed by atoms with E-state index in [2.05, 4.69) is 5.32 Å². The number of hydrogen-bond donors (Lipinski definition) is 1. The van der Waals surface area contributed by atoms with Gasteiger partial charge in [0.05, 0.1) is 41.3 Å². The topological polar surface area (TPSA) is 98.5 Å². The summed E-state index contributed by atoms with van der Waals surface area (Å²) in [7, 11) is 0. The summed E-state index contributed by atoms with van der Waals surface area (Å²) < 4.78 is 4.81. The number of benzene rings is 2. The fourth-order valence-corrected chi connectivity index (χ4v) is 2.95. The highest BCUT2D eigenvalue weighted by molar-refractivity contribution is 6.50. The van der Waals surface area contributed by atoms with Crippen LogP contribution in [-0.4, -0.2) is 23.4 Å². The number of carbonyl (C=O) groups is 2.